The van der Waals surface area contributed by atoms with Gasteiger partial charge in [-0.3, -0.25) is 8.80 Å². The quantitative estimate of drug-likeness (QED) is 0.165. The Hall–Kier alpha value is -7.21. The van der Waals surface area contributed by atoms with Crippen LogP contribution >= 0.6 is 0 Å². The van der Waals surface area contributed by atoms with Crippen LogP contribution in [0.1, 0.15) is 0 Å². The first-order valence-corrected chi connectivity index (χ1v) is 19.1. The smallest absolute Gasteiger partial charge is 0.358 e. The molecule has 0 spiro atoms. The SMILES string of the molecule is [Pt+2].[c-]1c(-n2c3[c-]c(-n4c5ccccc5n5c6ccccc6nc45)ccc3c3ccc(-c4ccccc4)cc32)cccc1-n1c2ccccc2n2c3ccccc3nc12. The molecule has 13 rings (SSSR count). The summed E-state index contributed by atoms with van der Waals surface area (Å²) in [6.07, 6.45) is 0. The van der Waals surface area contributed by atoms with Crippen LogP contribution in [0.15, 0.2) is 176 Å². The normalized spacial score (nSPS) is 12.0. The fraction of sp³-hybridized carbons (Fsp3) is 0. The van der Waals surface area contributed by atoms with Crippen LogP contribution in [-0.2, 0) is 21.1 Å². The third-order valence-corrected chi connectivity index (χ3v) is 11.5. The van der Waals surface area contributed by atoms with Crippen molar-refractivity contribution in [2.75, 3.05) is 0 Å². The number of rotatable bonds is 4. The summed E-state index contributed by atoms with van der Waals surface area (Å²) >= 11 is 0. The summed E-state index contributed by atoms with van der Waals surface area (Å²) in [5, 5.41) is 2.26. The molecule has 0 atom stereocenters. The van der Waals surface area contributed by atoms with E-state index < -0.39 is 0 Å². The molecule has 8 aromatic carbocycles. The van der Waals surface area contributed by atoms with Gasteiger partial charge < -0.3 is 13.7 Å². The van der Waals surface area contributed by atoms with E-state index in [1.54, 1.807) is 0 Å². The minimum absolute atomic E-state index is 0. The molecule has 0 aliphatic rings. The molecular formula is C50H29N7Pt. The fourth-order valence-corrected chi connectivity index (χ4v) is 9.00. The molecule has 0 bridgehead atoms. The molecule has 13 aromatic rings. The summed E-state index contributed by atoms with van der Waals surface area (Å²) in [7, 11) is 0. The maximum absolute atomic E-state index is 5.17. The van der Waals surface area contributed by atoms with Crippen LogP contribution in [-0.4, -0.2) is 32.5 Å². The zero-order valence-corrected chi connectivity index (χ0v) is 33.0. The van der Waals surface area contributed by atoms with E-state index in [2.05, 4.69) is 198 Å². The third kappa shape index (κ3) is 4.53. The molecule has 0 saturated carbocycles. The van der Waals surface area contributed by atoms with Gasteiger partial charge in [-0.2, -0.15) is 12.1 Å². The van der Waals surface area contributed by atoms with Gasteiger partial charge in [0.15, 0.2) is 0 Å². The Bertz CT molecular complexity index is 3770. The number of hydrogen-bond acceptors (Lipinski definition) is 2. The van der Waals surface area contributed by atoms with E-state index in [1.165, 1.54) is 5.56 Å². The summed E-state index contributed by atoms with van der Waals surface area (Å²) < 4.78 is 11.3. The standard InChI is InChI=1S/C50H29N7.Pt/c1-2-13-32(14-3-1)33-25-27-37-38-28-26-36(55-44-22-9-11-24-46(44)57-42-20-7-5-18-40(42)52-50(55)57)31-48(38)53(47(37)29-33)34-15-12-16-35(30-34)54-43-21-8-10-23-45(43)56-41-19-6-4-17-39(41)51-49(54)56;/h1-29H;/q-2;+2. The van der Waals surface area contributed by atoms with Crippen LogP contribution in [0.2, 0.25) is 0 Å². The monoisotopic (exact) mass is 922 g/mol. The van der Waals surface area contributed by atoms with E-state index in [1.807, 2.05) is 12.1 Å². The van der Waals surface area contributed by atoms with Gasteiger partial charge in [-0.15, -0.1) is 35.7 Å². The zero-order chi connectivity index (χ0) is 37.2. The van der Waals surface area contributed by atoms with Gasteiger partial charge in [-0.05, 0) is 71.1 Å². The van der Waals surface area contributed by atoms with Crippen molar-refractivity contribution in [1.82, 2.24) is 32.5 Å². The molecular weight excluding hydrogens is 894 g/mol. The zero-order valence-electron chi connectivity index (χ0n) is 30.7. The van der Waals surface area contributed by atoms with Crippen molar-refractivity contribution in [2.45, 2.75) is 0 Å². The number of benzene rings is 8. The van der Waals surface area contributed by atoms with Gasteiger partial charge in [-0.1, -0.05) is 114 Å². The van der Waals surface area contributed by atoms with Gasteiger partial charge in [0.1, 0.15) is 0 Å². The molecule has 0 aliphatic heterocycles. The Morgan fingerprint density at radius 3 is 1.47 bits per heavy atom. The van der Waals surface area contributed by atoms with Crippen LogP contribution in [0.3, 0.4) is 0 Å². The Balaban J connectivity index is 0.00000366. The van der Waals surface area contributed by atoms with Gasteiger partial charge in [0.2, 0.25) is 11.6 Å². The predicted octanol–water partition coefficient (Wildman–Crippen LogP) is 11.5. The summed E-state index contributed by atoms with van der Waals surface area (Å²) in [6.45, 7) is 0. The maximum Gasteiger partial charge on any atom is 2.00 e. The number of nitrogens with zero attached hydrogens (tertiary/aromatic N) is 7. The minimum Gasteiger partial charge on any atom is -0.358 e. The number of imidazole rings is 4. The molecule has 7 nitrogen and oxygen atoms in total. The van der Waals surface area contributed by atoms with E-state index >= 15 is 0 Å². The van der Waals surface area contributed by atoms with E-state index in [9.17, 15) is 0 Å². The second-order valence-corrected chi connectivity index (χ2v) is 14.6. The molecule has 8 heteroatoms. The first kappa shape index (κ1) is 33.0. The molecule has 0 fully saturated rings. The molecule has 5 heterocycles. The van der Waals surface area contributed by atoms with Crippen molar-refractivity contribution in [3.63, 3.8) is 0 Å². The van der Waals surface area contributed by atoms with E-state index in [0.29, 0.717) is 0 Å². The van der Waals surface area contributed by atoms with Gasteiger partial charge in [-0.25, -0.2) is 9.97 Å². The largest absolute Gasteiger partial charge is 2.00 e. The Morgan fingerprint density at radius 2 is 0.845 bits per heavy atom. The first-order valence-electron chi connectivity index (χ1n) is 19.1. The van der Waals surface area contributed by atoms with Gasteiger partial charge in [0.05, 0.1) is 44.1 Å². The van der Waals surface area contributed by atoms with E-state index in [-0.39, 0.29) is 21.1 Å². The second-order valence-electron chi connectivity index (χ2n) is 14.6. The topological polar surface area (TPSA) is 49.4 Å². The molecule has 0 unspecified atom stereocenters. The second kappa shape index (κ2) is 12.4. The Morgan fingerprint density at radius 1 is 0.345 bits per heavy atom. The van der Waals surface area contributed by atoms with Crippen LogP contribution in [0.5, 0.6) is 0 Å². The summed E-state index contributed by atoms with van der Waals surface area (Å²) in [4.78, 5) is 10.3. The fourth-order valence-electron chi connectivity index (χ4n) is 9.00. The molecule has 5 aromatic heterocycles. The third-order valence-electron chi connectivity index (χ3n) is 11.5. The molecule has 274 valence electrons. The Kier molecular flexibility index (Phi) is 7.05. The molecule has 0 N–H and O–H groups in total. The molecule has 58 heavy (non-hydrogen) atoms. The number of para-hydroxylation sites is 8. The summed E-state index contributed by atoms with van der Waals surface area (Å²) in [6, 6.07) is 69.6. The average Bonchev–Trinajstić information content (AvgIpc) is 4.06. The molecule has 0 saturated heterocycles. The number of aromatic nitrogens is 7. The van der Waals surface area contributed by atoms with Crippen LogP contribution < -0.4 is 0 Å². The predicted molar refractivity (Wildman–Crippen MR) is 230 cm³/mol. The van der Waals surface area contributed by atoms with Crippen molar-refractivity contribution in [3.05, 3.63) is 188 Å². The first-order chi connectivity index (χ1) is 28.3. The summed E-state index contributed by atoms with van der Waals surface area (Å²) in [5.74, 6) is 1.70. The summed E-state index contributed by atoms with van der Waals surface area (Å²) in [5.41, 5.74) is 15.5. The van der Waals surface area contributed by atoms with Gasteiger partial charge in [0.25, 0.3) is 0 Å². The van der Waals surface area contributed by atoms with Crippen molar-refractivity contribution >= 4 is 77.5 Å². The van der Waals surface area contributed by atoms with Crippen LogP contribution in [0, 0.1) is 12.1 Å². The van der Waals surface area contributed by atoms with E-state index in [0.717, 1.165) is 100 Å². The van der Waals surface area contributed by atoms with Gasteiger partial charge >= 0.3 is 21.1 Å². The molecule has 0 radical (unpaired) electrons. The number of hydrogen-bond donors (Lipinski definition) is 0. The van der Waals surface area contributed by atoms with Crippen molar-refractivity contribution in [2.24, 2.45) is 0 Å². The van der Waals surface area contributed by atoms with Crippen LogP contribution in [0.25, 0.3) is 106 Å². The molecule has 0 aliphatic carbocycles. The maximum atomic E-state index is 5.17. The van der Waals surface area contributed by atoms with Crippen molar-refractivity contribution in [1.29, 1.82) is 0 Å². The Labute approximate surface area is 345 Å². The van der Waals surface area contributed by atoms with Crippen molar-refractivity contribution in [3.8, 4) is 28.2 Å². The number of fused-ring (bicyclic) bond motifs is 13. The molecule has 0 amide bonds. The average molecular weight is 923 g/mol. The van der Waals surface area contributed by atoms with Crippen LogP contribution in [0.4, 0.5) is 0 Å². The van der Waals surface area contributed by atoms with Crippen molar-refractivity contribution < 1.29 is 21.1 Å². The van der Waals surface area contributed by atoms with E-state index in [4.69, 9.17) is 9.97 Å². The minimum atomic E-state index is 0. The van der Waals surface area contributed by atoms with Gasteiger partial charge in [0, 0.05) is 5.52 Å².